The first-order chi connectivity index (χ1) is 10.6. The van der Waals surface area contributed by atoms with Crippen molar-refractivity contribution >= 4 is 17.7 Å². The number of nitrogens with one attached hydrogen (secondary N) is 2. The standard InChI is InChI=1S/C14H17N3O5/c18-7-5-16-12(19)9-15-6-8-22-17-13(20)10-3-1-2-4-11(10)14(17)21/h1-4,15,18H,5-9H2,(H,16,19). The van der Waals surface area contributed by atoms with Crippen molar-refractivity contribution in [1.82, 2.24) is 15.7 Å². The molecule has 0 unspecified atom stereocenters. The van der Waals surface area contributed by atoms with Gasteiger partial charge in [-0.3, -0.25) is 19.2 Å². The van der Waals surface area contributed by atoms with E-state index in [1.807, 2.05) is 0 Å². The summed E-state index contributed by atoms with van der Waals surface area (Å²) in [6.45, 7) is 0.505. The highest BCUT2D eigenvalue weighted by molar-refractivity contribution is 6.20. The molecule has 0 radical (unpaired) electrons. The number of fused-ring (bicyclic) bond motifs is 1. The zero-order valence-corrected chi connectivity index (χ0v) is 11.9. The first-order valence-electron chi connectivity index (χ1n) is 6.84. The third-order valence-electron chi connectivity index (χ3n) is 2.98. The number of benzene rings is 1. The maximum atomic E-state index is 12.0. The van der Waals surface area contributed by atoms with E-state index in [-0.39, 0.29) is 32.2 Å². The summed E-state index contributed by atoms with van der Waals surface area (Å²) in [7, 11) is 0. The van der Waals surface area contributed by atoms with Crippen LogP contribution in [0, 0.1) is 0 Å². The van der Waals surface area contributed by atoms with Gasteiger partial charge in [0, 0.05) is 13.1 Å². The lowest BCUT2D eigenvalue weighted by atomic mass is 10.1. The monoisotopic (exact) mass is 307 g/mol. The number of amides is 3. The molecule has 2 rings (SSSR count). The topological polar surface area (TPSA) is 108 Å². The Hall–Kier alpha value is -2.29. The van der Waals surface area contributed by atoms with Gasteiger partial charge >= 0.3 is 0 Å². The van der Waals surface area contributed by atoms with Crippen LogP contribution >= 0.6 is 0 Å². The van der Waals surface area contributed by atoms with E-state index in [0.29, 0.717) is 17.7 Å². The van der Waals surface area contributed by atoms with Crippen molar-refractivity contribution in [3.8, 4) is 0 Å². The van der Waals surface area contributed by atoms with Crippen molar-refractivity contribution in [1.29, 1.82) is 0 Å². The molecule has 118 valence electrons. The van der Waals surface area contributed by atoms with Gasteiger partial charge in [-0.1, -0.05) is 12.1 Å². The summed E-state index contributed by atoms with van der Waals surface area (Å²) >= 11 is 0. The Morgan fingerprint density at radius 3 is 2.36 bits per heavy atom. The Kier molecular flexibility index (Phi) is 5.59. The van der Waals surface area contributed by atoms with Crippen LogP contribution in [-0.2, 0) is 9.63 Å². The van der Waals surface area contributed by atoms with E-state index in [0.717, 1.165) is 5.06 Å². The summed E-state index contributed by atoms with van der Waals surface area (Å²) in [4.78, 5) is 40.3. The summed E-state index contributed by atoms with van der Waals surface area (Å²) in [5, 5.41) is 14.6. The van der Waals surface area contributed by atoms with Crippen molar-refractivity contribution in [2.75, 3.05) is 32.8 Å². The minimum absolute atomic E-state index is 0.0610. The van der Waals surface area contributed by atoms with Gasteiger partial charge in [0.05, 0.1) is 30.9 Å². The molecular weight excluding hydrogens is 290 g/mol. The Balaban J connectivity index is 1.72. The number of imide groups is 1. The lowest BCUT2D eigenvalue weighted by molar-refractivity contribution is -0.120. The number of aliphatic hydroxyl groups excluding tert-OH is 1. The van der Waals surface area contributed by atoms with E-state index in [2.05, 4.69) is 10.6 Å². The van der Waals surface area contributed by atoms with E-state index in [4.69, 9.17) is 9.94 Å². The molecule has 0 aromatic heterocycles. The van der Waals surface area contributed by atoms with Crippen LogP contribution in [0.3, 0.4) is 0 Å². The molecule has 1 aromatic carbocycles. The zero-order chi connectivity index (χ0) is 15.9. The van der Waals surface area contributed by atoms with Crippen LogP contribution in [0.15, 0.2) is 24.3 Å². The highest BCUT2D eigenvalue weighted by atomic mass is 16.7. The van der Waals surface area contributed by atoms with E-state index < -0.39 is 11.8 Å². The summed E-state index contributed by atoms with van der Waals surface area (Å²) in [5.74, 6) is -1.22. The van der Waals surface area contributed by atoms with Crippen LogP contribution in [0.1, 0.15) is 20.7 Å². The maximum Gasteiger partial charge on any atom is 0.285 e. The van der Waals surface area contributed by atoms with Crippen LogP contribution in [0.2, 0.25) is 0 Å². The van der Waals surface area contributed by atoms with Gasteiger partial charge < -0.3 is 15.7 Å². The van der Waals surface area contributed by atoms with Crippen molar-refractivity contribution in [3.05, 3.63) is 35.4 Å². The number of aliphatic hydroxyl groups is 1. The molecule has 1 aliphatic rings. The van der Waals surface area contributed by atoms with Crippen LogP contribution in [0.25, 0.3) is 0 Å². The van der Waals surface area contributed by atoms with Gasteiger partial charge in [0.2, 0.25) is 5.91 Å². The molecule has 22 heavy (non-hydrogen) atoms. The summed E-state index contributed by atoms with van der Waals surface area (Å²) in [6.07, 6.45) is 0. The van der Waals surface area contributed by atoms with Gasteiger partial charge in [-0.2, -0.15) is 0 Å². The molecule has 0 bridgehead atoms. The smallest absolute Gasteiger partial charge is 0.285 e. The number of hydroxylamine groups is 2. The first kappa shape index (κ1) is 16.1. The molecule has 8 heteroatoms. The zero-order valence-electron chi connectivity index (χ0n) is 11.9. The first-order valence-corrected chi connectivity index (χ1v) is 6.84. The number of rotatable bonds is 8. The lowest BCUT2D eigenvalue weighted by Gasteiger charge is -2.13. The average Bonchev–Trinajstić information content (AvgIpc) is 2.77. The second kappa shape index (κ2) is 7.64. The predicted molar refractivity (Wildman–Crippen MR) is 75.9 cm³/mol. The Morgan fingerprint density at radius 2 is 1.77 bits per heavy atom. The Labute approximate surface area is 127 Å². The van der Waals surface area contributed by atoms with E-state index >= 15 is 0 Å². The molecule has 0 spiro atoms. The minimum Gasteiger partial charge on any atom is -0.395 e. The summed E-state index contributed by atoms with van der Waals surface area (Å²) in [6, 6.07) is 6.51. The third kappa shape index (κ3) is 3.67. The second-order valence-electron chi connectivity index (χ2n) is 4.53. The van der Waals surface area contributed by atoms with Gasteiger partial charge in [-0.25, -0.2) is 0 Å². The molecule has 1 aliphatic heterocycles. The molecule has 0 saturated heterocycles. The summed E-state index contributed by atoms with van der Waals surface area (Å²) < 4.78 is 0. The van der Waals surface area contributed by atoms with Crippen LogP contribution in [0.5, 0.6) is 0 Å². The van der Waals surface area contributed by atoms with Gasteiger partial charge in [-0.05, 0) is 12.1 Å². The average molecular weight is 307 g/mol. The van der Waals surface area contributed by atoms with Crippen LogP contribution < -0.4 is 10.6 Å². The van der Waals surface area contributed by atoms with E-state index in [9.17, 15) is 14.4 Å². The van der Waals surface area contributed by atoms with Crippen molar-refractivity contribution in [2.45, 2.75) is 0 Å². The maximum absolute atomic E-state index is 12.0. The van der Waals surface area contributed by atoms with E-state index in [1.54, 1.807) is 24.3 Å². The molecular formula is C14H17N3O5. The molecule has 3 N–H and O–H groups in total. The lowest BCUT2D eigenvalue weighted by Crippen LogP contribution is -2.38. The molecule has 0 aliphatic carbocycles. The molecule has 0 saturated carbocycles. The molecule has 1 heterocycles. The molecule has 0 atom stereocenters. The molecule has 8 nitrogen and oxygen atoms in total. The Morgan fingerprint density at radius 1 is 1.14 bits per heavy atom. The summed E-state index contributed by atoms with van der Waals surface area (Å²) in [5.41, 5.74) is 0.646. The second-order valence-corrected chi connectivity index (χ2v) is 4.53. The van der Waals surface area contributed by atoms with Gasteiger partial charge in [0.1, 0.15) is 0 Å². The van der Waals surface area contributed by atoms with Gasteiger partial charge in [0.15, 0.2) is 0 Å². The third-order valence-corrected chi connectivity index (χ3v) is 2.98. The number of carbonyl (C=O) groups is 3. The molecule has 3 amide bonds. The van der Waals surface area contributed by atoms with Gasteiger partial charge in [0.25, 0.3) is 11.8 Å². The normalized spacial score (nSPS) is 13.4. The fourth-order valence-electron chi connectivity index (χ4n) is 1.95. The van der Waals surface area contributed by atoms with Gasteiger partial charge in [-0.15, -0.1) is 5.06 Å². The number of nitrogens with zero attached hydrogens (tertiary/aromatic N) is 1. The highest BCUT2D eigenvalue weighted by Crippen LogP contribution is 2.22. The highest BCUT2D eigenvalue weighted by Gasteiger charge is 2.36. The number of hydrogen-bond donors (Lipinski definition) is 3. The molecule has 1 aromatic rings. The van der Waals surface area contributed by atoms with Crippen LogP contribution in [0.4, 0.5) is 0 Å². The SMILES string of the molecule is O=C(CNCCON1C(=O)c2ccccc2C1=O)NCCO. The number of carbonyl (C=O) groups excluding carboxylic acids is 3. The number of hydrogen-bond acceptors (Lipinski definition) is 6. The Bertz CT molecular complexity index is 540. The van der Waals surface area contributed by atoms with E-state index in [1.165, 1.54) is 0 Å². The van der Waals surface area contributed by atoms with Crippen LogP contribution in [-0.4, -0.2) is 60.7 Å². The minimum atomic E-state index is -0.485. The fraction of sp³-hybridized carbons (Fsp3) is 0.357. The van der Waals surface area contributed by atoms with Crippen molar-refractivity contribution in [3.63, 3.8) is 0 Å². The largest absolute Gasteiger partial charge is 0.395 e. The van der Waals surface area contributed by atoms with Crippen molar-refractivity contribution < 1.29 is 24.3 Å². The quantitative estimate of drug-likeness (QED) is 0.416. The fourth-order valence-corrected chi connectivity index (χ4v) is 1.95. The van der Waals surface area contributed by atoms with Crippen molar-refractivity contribution in [2.24, 2.45) is 0 Å². The molecule has 0 fully saturated rings. The predicted octanol–water partition coefficient (Wildman–Crippen LogP) is -1.09.